The van der Waals surface area contributed by atoms with Gasteiger partial charge in [0.25, 0.3) is 0 Å². The Morgan fingerprint density at radius 3 is 2.33 bits per heavy atom. The topological polar surface area (TPSA) is 92.3 Å². The van der Waals surface area contributed by atoms with Crippen LogP contribution in [-0.4, -0.2) is 50.7 Å². The minimum Gasteiger partial charge on any atom is -0.354 e. The molecule has 0 fully saturated rings. The fourth-order valence-corrected chi connectivity index (χ4v) is 2.66. The fourth-order valence-electron chi connectivity index (χ4n) is 1.02. The van der Waals surface area contributed by atoms with E-state index in [0.717, 1.165) is 6.08 Å². The first kappa shape index (κ1) is 16.9. The summed E-state index contributed by atoms with van der Waals surface area (Å²) in [7, 11) is -3.25. The average molecular weight is 297 g/mol. The molecule has 0 saturated carbocycles. The van der Waals surface area contributed by atoms with Crippen LogP contribution in [0.15, 0.2) is 12.7 Å². The monoisotopic (exact) mass is 296 g/mol. The maximum atomic E-state index is 11.3. The molecule has 6 nitrogen and oxygen atoms in total. The fraction of sp³-hybridized carbons (Fsp3) is 0.600. The van der Waals surface area contributed by atoms with Crippen LogP contribution < -0.4 is 10.6 Å². The van der Waals surface area contributed by atoms with E-state index in [9.17, 15) is 18.0 Å². The third-order valence-electron chi connectivity index (χ3n) is 1.96. The van der Waals surface area contributed by atoms with Crippen LogP contribution in [0.2, 0.25) is 0 Å². The van der Waals surface area contributed by atoms with Crippen molar-refractivity contribution < 1.29 is 18.0 Å². The van der Waals surface area contributed by atoms with Crippen LogP contribution in [0, 0.1) is 0 Å². The second-order valence-electron chi connectivity index (χ2n) is 3.44. The smallest absolute Gasteiger partial charge is 0.243 e. The molecule has 0 heterocycles. The molecule has 0 aliphatic carbocycles. The summed E-state index contributed by atoms with van der Waals surface area (Å²) in [6.45, 7) is 3.78. The Morgan fingerprint density at radius 1 is 1.17 bits per heavy atom. The van der Waals surface area contributed by atoms with E-state index in [1.807, 2.05) is 0 Å². The van der Waals surface area contributed by atoms with Crippen molar-refractivity contribution in [3.05, 3.63) is 12.7 Å². The molecule has 0 spiro atoms. The summed E-state index contributed by atoms with van der Waals surface area (Å²) in [5, 5.41) is 4.96. The van der Waals surface area contributed by atoms with Gasteiger partial charge in [-0.15, -0.1) is 11.6 Å². The molecule has 0 radical (unpaired) electrons. The van der Waals surface area contributed by atoms with Crippen LogP contribution in [-0.2, 0) is 19.4 Å². The normalized spacial score (nSPS) is 10.7. The molecule has 18 heavy (non-hydrogen) atoms. The van der Waals surface area contributed by atoms with Crippen molar-refractivity contribution in [3.63, 3.8) is 0 Å². The molecule has 0 aliphatic rings. The van der Waals surface area contributed by atoms with Gasteiger partial charge < -0.3 is 10.6 Å². The van der Waals surface area contributed by atoms with Crippen LogP contribution in [0.1, 0.15) is 6.42 Å². The number of hydrogen-bond donors (Lipinski definition) is 2. The number of halogens is 1. The minimum atomic E-state index is -3.25. The van der Waals surface area contributed by atoms with Gasteiger partial charge in [-0.2, -0.15) is 0 Å². The van der Waals surface area contributed by atoms with E-state index in [4.69, 9.17) is 11.6 Å². The molecule has 0 bridgehead atoms. The molecule has 2 N–H and O–H groups in total. The Labute approximate surface area is 112 Å². The molecule has 0 aromatic heterocycles. The van der Waals surface area contributed by atoms with Gasteiger partial charge >= 0.3 is 0 Å². The highest BCUT2D eigenvalue weighted by Crippen LogP contribution is 1.95. The predicted molar refractivity (Wildman–Crippen MR) is 70.2 cm³/mol. The van der Waals surface area contributed by atoms with Crippen molar-refractivity contribution in [3.8, 4) is 0 Å². The number of alkyl halides is 1. The number of carbonyl (C=O) groups is 2. The summed E-state index contributed by atoms with van der Waals surface area (Å²) in [6.07, 6.45) is 1.02. The van der Waals surface area contributed by atoms with Crippen LogP contribution >= 0.6 is 11.6 Å². The lowest BCUT2D eigenvalue weighted by atomic mass is 10.4. The zero-order chi connectivity index (χ0) is 14.0. The van der Waals surface area contributed by atoms with Crippen LogP contribution in [0.5, 0.6) is 0 Å². The second kappa shape index (κ2) is 8.93. The first-order valence-electron chi connectivity index (χ1n) is 5.34. The van der Waals surface area contributed by atoms with Crippen LogP contribution in [0.25, 0.3) is 0 Å². The maximum Gasteiger partial charge on any atom is 0.243 e. The zero-order valence-corrected chi connectivity index (χ0v) is 11.5. The number of amides is 2. The van der Waals surface area contributed by atoms with E-state index in [0.29, 0.717) is 0 Å². The molecule has 0 saturated heterocycles. The van der Waals surface area contributed by atoms with Crippen molar-refractivity contribution >= 4 is 33.3 Å². The van der Waals surface area contributed by atoms with Crippen LogP contribution in [0.4, 0.5) is 0 Å². The molecule has 2 amide bonds. The van der Waals surface area contributed by atoms with Gasteiger partial charge in [0.1, 0.15) is 0 Å². The van der Waals surface area contributed by atoms with E-state index in [1.54, 1.807) is 0 Å². The van der Waals surface area contributed by atoms with Crippen molar-refractivity contribution in [1.82, 2.24) is 10.6 Å². The third-order valence-corrected chi connectivity index (χ3v) is 4.03. The number of nitrogens with one attached hydrogen (secondary N) is 2. The first-order chi connectivity index (χ1) is 8.41. The minimum absolute atomic E-state index is 0.0253. The molecule has 0 aliphatic heterocycles. The third kappa shape index (κ3) is 9.00. The quantitative estimate of drug-likeness (QED) is 0.339. The molecule has 8 heteroatoms. The standard InChI is InChI=1S/C10H17ClN2O4S/c1-2-9(14)12-5-6-13-10(15)3-7-18(16,17)8-4-11/h2H,1,3-8H2,(H,12,14)(H,13,15). The van der Waals surface area contributed by atoms with Crippen molar-refractivity contribution in [2.24, 2.45) is 0 Å². The lowest BCUT2D eigenvalue weighted by Gasteiger charge is -2.06. The molecule has 0 unspecified atom stereocenters. The van der Waals surface area contributed by atoms with Gasteiger partial charge in [-0.3, -0.25) is 9.59 Å². The number of sulfone groups is 1. The Morgan fingerprint density at radius 2 is 1.78 bits per heavy atom. The summed E-state index contributed by atoms with van der Waals surface area (Å²) in [5.74, 6) is -1.02. The number of hydrogen-bond acceptors (Lipinski definition) is 4. The van der Waals surface area contributed by atoms with Gasteiger partial charge in [0.2, 0.25) is 11.8 Å². The highest BCUT2D eigenvalue weighted by atomic mass is 35.5. The summed E-state index contributed by atoms with van der Waals surface area (Å²) < 4.78 is 22.5. The highest BCUT2D eigenvalue weighted by Gasteiger charge is 2.12. The van der Waals surface area contributed by atoms with Crippen molar-refractivity contribution in [2.45, 2.75) is 6.42 Å². The number of carbonyl (C=O) groups excluding carboxylic acids is 2. The van der Waals surface area contributed by atoms with Gasteiger partial charge in [0.05, 0.1) is 11.5 Å². The average Bonchev–Trinajstić information content (AvgIpc) is 2.32. The number of rotatable bonds is 9. The molecule has 104 valence electrons. The van der Waals surface area contributed by atoms with E-state index in [-0.39, 0.29) is 48.7 Å². The van der Waals surface area contributed by atoms with Gasteiger partial charge in [-0.25, -0.2) is 8.42 Å². The predicted octanol–water partition coefficient (Wildman–Crippen LogP) is -0.551. The molecule has 0 aromatic carbocycles. The summed E-state index contributed by atoms with van der Waals surface area (Å²) in [4.78, 5) is 22.0. The van der Waals surface area contributed by atoms with Crippen LogP contribution in [0.3, 0.4) is 0 Å². The molecular weight excluding hydrogens is 280 g/mol. The Kier molecular flexibility index (Phi) is 8.40. The lowest BCUT2D eigenvalue weighted by Crippen LogP contribution is -2.34. The SMILES string of the molecule is C=CC(=O)NCCNC(=O)CCS(=O)(=O)CCCl. The highest BCUT2D eigenvalue weighted by molar-refractivity contribution is 7.91. The Bertz CT molecular complexity index is 395. The second-order valence-corrected chi connectivity index (χ2v) is 6.12. The summed E-state index contributed by atoms with van der Waals surface area (Å²) >= 11 is 5.32. The molecule has 0 atom stereocenters. The van der Waals surface area contributed by atoms with E-state index < -0.39 is 9.84 Å². The molecule has 0 aromatic rings. The molecular formula is C10H17ClN2O4S. The first-order valence-corrected chi connectivity index (χ1v) is 7.70. The van der Waals surface area contributed by atoms with E-state index in [1.165, 1.54) is 0 Å². The zero-order valence-electron chi connectivity index (χ0n) is 9.95. The maximum absolute atomic E-state index is 11.3. The summed E-state index contributed by atoms with van der Waals surface area (Å²) in [6, 6.07) is 0. The van der Waals surface area contributed by atoms with E-state index >= 15 is 0 Å². The van der Waals surface area contributed by atoms with Crippen molar-refractivity contribution in [2.75, 3.05) is 30.5 Å². The van der Waals surface area contributed by atoms with Gasteiger partial charge in [-0.05, 0) is 6.08 Å². The van der Waals surface area contributed by atoms with Crippen molar-refractivity contribution in [1.29, 1.82) is 0 Å². The lowest BCUT2D eigenvalue weighted by molar-refractivity contribution is -0.121. The van der Waals surface area contributed by atoms with Gasteiger partial charge in [0, 0.05) is 25.4 Å². The Hall–Kier alpha value is -1.08. The summed E-state index contributed by atoms with van der Waals surface area (Å²) in [5.41, 5.74) is 0. The molecule has 0 rings (SSSR count). The van der Waals surface area contributed by atoms with E-state index in [2.05, 4.69) is 17.2 Å². The van der Waals surface area contributed by atoms with Gasteiger partial charge in [0.15, 0.2) is 9.84 Å². The van der Waals surface area contributed by atoms with Gasteiger partial charge in [-0.1, -0.05) is 6.58 Å². The largest absolute Gasteiger partial charge is 0.354 e. The Balaban J connectivity index is 3.73.